The van der Waals surface area contributed by atoms with Gasteiger partial charge in [-0.3, -0.25) is 4.90 Å². The van der Waals surface area contributed by atoms with Gasteiger partial charge in [0.2, 0.25) is 0 Å². The minimum atomic E-state index is 0.775. The topological polar surface area (TPSA) is 15.3 Å². The molecule has 18 heavy (non-hydrogen) atoms. The number of hydrogen-bond donors (Lipinski definition) is 1. The van der Waals surface area contributed by atoms with E-state index in [0.29, 0.717) is 0 Å². The van der Waals surface area contributed by atoms with E-state index in [1.54, 1.807) is 0 Å². The highest BCUT2D eigenvalue weighted by Gasteiger charge is 2.34. The SMILES string of the molecule is CCCNC1CCCC1N1CCCCCC1CC. The lowest BCUT2D eigenvalue weighted by molar-refractivity contribution is 0.116. The quantitative estimate of drug-likeness (QED) is 0.805. The van der Waals surface area contributed by atoms with Crippen molar-refractivity contribution in [2.75, 3.05) is 13.1 Å². The van der Waals surface area contributed by atoms with Crippen molar-refractivity contribution in [3.63, 3.8) is 0 Å². The van der Waals surface area contributed by atoms with E-state index in [1.165, 1.54) is 70.9 Å². The van der Waals surface area contributed by atoms with Gasteiger partial charge in [-0.25, -0.2) is 0 Å². The Balaban J connectivity index is 1.97. The van der Waals surface area contributed by atoms with Gasteiger partial charge >= 0.3 is 0 Å². The van der Waals surface area contributed by atoms with Crippen molar-refractivity contribution in [3.05, 3.63) is 0 Å². The minimum absolute atomic E-state index is 0.775. The van der Waals surface area contributed by atoms with Gasteiger partial charge in [-0.05, 0) is 51.6 Å². The summed E-state index contributed by atoms with van der Waals surface area (Å²) in [7, 11) is 0. The van der Waals surface area contributed by atoms with E-state index < -0.39 is 0 Å². The number of rotatable bonds is 5. The van der Waals surface area contributed by atoms with Crippen molar-refractivity contribution in [3.8, 4) is 0 Å². The van der Waals surface area contributed by atoms with E-state index in [-0.39, 0.29) is 0 Å². The van der Waals surface area contributed by atoms with Crippen LogP contribution < -0.4 is 5.32 Å². The highest BCUT2D eigenvalue weighted by molar-refractivity contribution is 4.93. The van der Waals surface area contributed by atoms with Crippen molar-refractivity contribution in [1.29, 1.82) is 0 Å². The molecule has 0 radical (unpaired) electrons. The van der Waals surface area contributed by atoms with E-state index >= 15 is 0 Å². The second-order valence-electron chi connectivity index (χ2n) is 6.21. The van der Waals surface area contributed by atoms with Crippen LogP contribution in [-0.2, 0) is 0 Å². The Morgan fingerprint density at radius 1 is 1.00 bits per heavy atom. The van der Waals surface area contributed by atoms with Crippen LogP contribution in [-0.4, -0.2) is 36.1 Å². The number of nitrogens with one attached hydrogen (secondary N) is 1. The average molecular weight is 252 g/mol. The van der Waals surface area contributed by atoms with Gasteiger partial charge in [0.05, 0.1) is 0 Å². The summed E-state index contributed by atoms with van der Waals surface area (Å²) in [5, 5.41) is 3.80. The maximum Gasteiger partial charge on any atom is 0.0252 e. The average Bonchev–Trinajstić information content (AvgIpc) is 2.72. The van der Waals surface area contributed by atoms with E-state index in [9.17, 15) is 0 Å². The van der Waals surface area contributed by atoms with Crippen LogP contribution in [0.3, 0.4) is 0 Å². The third kappa shape index (κ3) is 3.48. The molecule has 0 aromatic heterocycles. The molecule has 1 aliphatic carbocycles. The van der Waals surface area contributed by atoms with Gasteiger partial charge in [-0.2, -0.15) is 0 Å². The van der Waals surface area contributed by atoms with Crippen molar-refractivity contribution in [2.24, 2.45) is 0 Å². The first-order valence-electron chi connectivity index (χ1n) is 8.36. The predicted molar refractivity (Wildman–Crippen MR) is 79.0 cm³/mol. The summed E-state index contributed by atoms with van der Waals surface area (Å²) in [5.74, 6) is 0. The van der Waals surface area contributed by atoms with Crippen molar-refractivity contribution in [1.82, 2.24) is 10.2 Å². The fraction of sp³-hybridized carbons (Fsp3) is 1.00. The van der Waals surface area contributed by atoms with Crippen molar-refractivity contribution < 1.29 is 0 Å². The number of likely N-dealkylation sites (tertiary alicyclic amines) is 1. The van der Waals surface area contributed by atoms with Crippen LogP contribution in [0.1, 0.15) is 71.6 Å². The van der Waals surface area contributed by atoms with Gasteiger partial charge in [0.1, 0.15) is 0 Å². The Bertz CT molecular complexity index is 229. The molecule has 0 spiro atoms. The summed E-state index contributed by atoms with van der Waals surface area (Å²) < 4.78 is 0. The largest absolute Gasteiger partial charge is 0.312 e. The Morgan fingerprint density at radius 3 is 2.67 bits per heavy atom. The summed E-state index contributed by atoms with van der Waals surface area (Å²) in [6.07, 6.45) is 12.6. The van der Waals surface area contributed by atoms with E-state index in [1.807, 2.05) is 0 Å². The maximum absolute atomic E-state index is 3.80. The van der Waals surface area contributed by atoms with E-state index in [4.69, 9.17) is 0 Å². The molecule has 106 valence electrons. The van der Waals surface area contributed by atoms with Crippen LogP contribution >= 0.6 is 0 Å². The molecule has 0 aromatic rings. The Labute approximate surface area is 114 Å². The molecule has 1 saturated carbocycles. The normalized spacial score (nSPS) is 34.7. The molecule has 0 aromatic carbocycles. The van der Waals surface area contributed by atoms with E-state index in [2.05, 4.69) is 24.1 Å². The zero-order valence-electron chi connectivity index (χ0n) is 12.5. The predicted octanol–water partition coefficient (Wildman–Crippen LogP) is 3.56. The molecule has 2 fully saturated rings. The van der Waals surface area contributed by atoms with Gasteiger partial charge in [-0.1, -0.05) is 33.1 Å². The first-order valence-corrected chi connectivity index (χ1v) is 8.36. The van der Waals surface area contributed by atoms with Crippen molar-refractivity contribution in [2.45, 2.75) is 89.8 Å². The van der Waals surface area contributed by atoms with Gasteiger partial charge in [-0.15, -0.1) is 0 Å². The first-order chi connectivity index (χ1) is 8.86. The monoisotopic (exact) mass is 252 g/mol. The molecule has 1 aliphatic heterocycles. The fourth-order valence-corrected chi connectivity index (χ4v) is 3.98. The molecular weight excluding hydrogens is 220 g/mol. The lowest BCUT2D eigenvalue weighted by Gasteiger charge is -2.38. The molecule has 2 nitrogen and oxygen atoms in total. The Hall–Kier alpha value is -0.0800. The lowest BCUT2D eigenvalue weighted by atomic mass is 10.0. The van der Waals surface area contributed by atoms with Crippen molar-refractivity contribution >= 4 is 0 Å². The minimum Gasteiger partial charge on any atom is -0.312 e. The summed E-state index contributed by atoms with van der Waals surface area (Å²) in [4.78, 5) is 2.88. The summed E-state index contributed by atoms with van der Waals surface area (Å²) >= 11 is 0. The molecule has 1 saturated heterocycles. The second-order valence-corrected chi connectivity index (χ2v) is 6.21. The number of nitrogens with zero attached hydrogens (tertiary/aromatic N) is 1. The van der Waals surface area contributed by atoms with Gasteiger partial charge in [0.15, 0.2) is 0 Å². The highest BCUT2D eigenvalue weighted by atomic mass is 15.2. The molecule has 1 heterocycles. The van der Waals surface area contributed by atoms with Gasteiger partial charge < -0.3 is 5.32 Å². The van der Waals surface area contributed by atoms with Gasteiger partial charge in [0, 0.05) is 18.1 Å². The summed E-state index contributed by atoms with van der Waals surface area (Å²) in [6, 6.07) is 2.47. The Morgan fingerprint density at radius 2 is 1.89 bits per heavy atom. The smallest absolute Gasteiger partial charge is 0.0252 e. The zero-order valence-corrected chi connectivity index (χ0v) is 12.5. The molecule has 0 amide bonds. The molecular formula is C16H32N2. The molecule has 1 N–H and O–H groups in total. The standard InChI is InChI=1S/C16H32N2/c1-3-12-17-15-10-8-11-16(15)18-13-7-5-6-9-14(18)4-2/h14-17H,3-13H2,1-2H3. The zero-order chi connectivity index (χ0) is 12.8. The molecule has 0 bridgehead atoms. The number of hydrogen-bond acceptors (Lipinski definition) is 2. The van der Waals surface area contributed by atoms with E-state index in [0.717, 1.165) is 18.1 Å². The molecule has 2 rings (SSSR count). The Kier molecular flexibility index (Phi) is 5.97. The summed E-state index contributed by atoms with van der Waals surface area (Å²) in [5.41, 5.74) is 0. The van der Waals surface area contributed by atoms with Crippen LogP contribution in [0, 0.1) is 0 Å². The lowest BCUT2D eigenvalue weighted by Crippen LogP contribution is -2.51. The second kappa shape index (κ2) is 7.49. The fourth-order valence-electron chi connectivity index (χ4n) is 3.98. The molecule has 2 heteroatoms. The third-order valence-corrected chi connectivity index (χ3v) is 4.96. The summed E-state index contributed by atoms with van der Waals surface area (Å²) in [6.45, 7) is 7.21. The molecule has 2 aliphatic rings. The molecule has 3 atom stereocenters. The highest BCUT2D eigenvalue weighted by Crippen LogP contribution is 2.30. The van der Waals surface area contributed by atoms with Gasteiger partial charge in [0.25, 0.3) is 0 Å². The van der Waals surface area contributed by atoms with Crippen LogP contribution in [0.4, 0.5) is 0 Å². The maximum atomic E-state index is 3.80. The van der Waals surface area contributed by atoms with Crippen LogP contribution in [0.15, 0.2) is 0 Å². The molecule has 3 unspecified atom stereocenters. The van der Waals surface area contributed by atoms with Crippen LogP contribution in [0.5, 0.6) is 0 Å². The third-order valence-electron chi connectivity index (χ3n) is 4.96. The van der Waals surface area contributed by atoms with Crippen LogP contribution in [0.25, 0.3) is 0 Å². The van der Waals surface area contributed by atoms with Crippen LogP contribution in [0.2, 0.25) is 0 Å². The first kappa shape index (κ1) is 14.3.